The van der Waals surface area contributed by atoms with Crippen molar-refractivity contribution < 1.29 is 14.3 Å². The van der Waals surface area contributed by atoms with E-state index < -0.39 is 5.97 Å². The second kappa shape index (κ2) is 3.40. The van der Waals surface area contributed by atoms with Crippen LogP contribution in [0, 0.1) is 0 Å². The second-order valence-electron chi connectivity index (χ2n) is 3.39. The Balaban J connectivity index is 2.59. The van der Waals surface area contributed by atoms with Gasteiger partial charge >= 0.3 is 5.97 Å². The van der Waals surface area contributed by atoms with Gasteiger partial charge in [0.25, 0.3) is 0 Å². The smallest absolute Gasteiger partial charge is 0.340 e. The van der Waals surface area contributed by atoms with Gasteiger partial charge in [0.15, 0.2) is 4.67 Å². The predicted octanol–water partition coefficient (Wildman–Crippen LogP) is 2.08. The molecular weight excluding hydrogens is 250 g/mol. The van der Waals surface area contributed by atoms with E-state index in [0.29, 0.717) is 11.3 Å². The van der Waals surface area contributed by atoms with Gasteiger partial charge in [0.05, 0.1) is 0 Å². The molecule has 1 atom stereocenters. The molecule has 0 spiro atoms. The highest BCUT2D eigenvalue weighted by Gasteiger charge is 2.30. The average Bonchev–Trinajstić information content (AvgIpc) is 2.42. The zero-order chi connectivity index (χ0) is 10.3. The Labute approximate surface area is 89.2 Å². The Morgan fingerprint density at radius 2 is 2.36 bits per heavy atom. The zero-order valence-electron chi connectivity index (χ0n) is 7.42. The quantitative estimate of drug-likeness (QED) is 0.810. The van der Waals surface area contributed by atoms with E-state index in [2.05, 4.69) is 15.9 Å². The Morgan fingerprint density at radius 1 is 1.64 bits per heavy atom. The zero-order valence-corrected chi connectivity index (χ0v) is 9.00. The highest BCUT2D eigenvalue weighted by Crippen LogP contribution is 2.37. The van der Waals surface area contributed by atoms with Gasteiger partial charge in [0.2, 0.25) is 0 Å². The SMILES string of the molecule is NC1CCCc2oc(Br)c(C(=O)O)c21. The average molecular weight is 260 g/mol. The lowest BCUT2D eigenvalue weighted by atomic mass is 9.91. The first-order chi connectivity index (χ1) is 6.61. The summed E-state index contributed by atoms with van der Waals surface area (Å²) in [5, 5.41) is 8.98. The molecule has 1 aliphatic rings. The molecule has 0 aromatic carbocycles. The number of carboxylic acids is 1. The summed E-state index contributed by atoms with van der Waals surface area (Å²) in [5.41, 5.74) is 6.70. The van der Waals surface area contributed by atoms with Crippen molar-refractivity contribution in [2.24, 2.45) is 5.73 Å². The van der Waals surface area contributed by atoms with Crippen LogP contribution in [-0.2, 0) is 6.42 Å². The van der Waals surface area contributed by atoms with E-state index >= 15 is 0 Å². The first-order valence-corrected chi connectivity index (χ1v) is 5.20. The maximum Gasteiger partial charge on any atom is 0.340 e. The number of nitrogens with two attached hydrogens (primary N) is 1. The standard InChI is InChI=1S/C9H10BrNO3/c10-8-7(9(12)13)6-4(11)2-1-3-5(6)14-8/h4H,1-3,11H2,(H,12,13). The number of rotatable bonds is 1. The summed E-state index contributed by atoms with van der Waals surface area (Å²) in [6.07, 6.45) is 2.54. The molecule has 4 nitrogen and oxygen atoms in total. The molecule has 2 rings (SSSR count). The van der Waals surface area contributed by atoms with Crippen molar-refractivity contribution in [1.29, 1.82) is 0 Å². The Morgan fingerprint density at radius 3 is 3.00 bits per heavy atom. The van der Waals surface area contributed by atoms with E-state index in [-0.39, 0.29) is 16.3 Å². The van der Waals surface area contributed by atoms with Crippen LogP contribution in [0.3, 0.4) is 0 Å². The molecular formula is C9H10BrNO3. The molecule has 5 heteroatoms. The largest absolute Gasteiger partial charge is 0.478 e. The molecule has 0 saturated carbocycles. The molecule has 0 aliphatic heterocycles. The fourth-order valence-corrected chi connectivity index (χ4v) is 2.44. The van der Waals surface area contributed by atoms with E-state index in [1.165, 1.54) is 0 Å². The van der Waals surface area contributed by atoms with Crippen molar-refractivity contribution in [1.82, 2.24) is 0 Å². The fraction of sp³-hybridized carbons (Fsp3) is 0.444. The van der Waals surface area contributed by atoms with Gasteiger partial charge < -0.3 is 15.3 Å². The summed E-state index contributed by atoms with van der Waals surface area (Å²) in [7, 11) is 0. The number of aryl methyl sites for hydroxylation is 1. The predicted molar refractivity (Wildman–Crippen MR) is 53.2 cm³/mol. The topological polar surface area (TPSA) is 76.5 Å². The van der Waals surface area contributed by atoms with Crippen LogP contribution in [-0.4, -0.2) is 11.1 Å². The maximum atomic E-state index is 11.0. The van der Waals surface area contributed by atoms with Crippen LogP contribution in [0.25, 0.3) is 0 Å². The number of carboxylic acid groups (broad SMARTS) is 1. The van der Waals surface area contributed by atoms with Gasteiger partial charge in [-0.1, -0.05) is 0 Å². The van der Waals surface area contributed by atoms with Crippen LogP contribution in [0.2, 0.25) is 0 Å². The molecule has 1 aromatic rings. The van der Waals surface area contributed by atoms with Gasteiger partial charge in [-0.25, -0.2) is 4.79 Å². The molecule has 0 amide bonds. The summed E-state index contributed by atoms with van der Waals surface area (Å²) < 4.78 is 5.61. The van der Waals surface area contributed by atoms with Crippen molar-refractivity contribution in [3.05, 3.63) is 21.6 Å². The summed E-state index contributed by atoms with van der Waals surface area (Å²) in [4.78, 5) is 11.0. The van der Waals surface area contributed by atoms with E-state index in [0.717, 1.165) is 19.3 Å². The summed E-state index contributed by atoms with van der Waals surface area (Å²) in [6, 6.07) is -0.208. The first-order valence-electron chi connectivity index (χ1n) is 4.41. The summed E-state index contributed by atoms with van der Waals surface area (Å²) in [6.45, 7) is 0. The van der Waals surface area contributed by atoms with E-state index in [1.54, 1.807) is 0 Å². The minimum absolute atomic E-state index is 0.187. The number of hydrogen-bond donors (Lipinski definition) is 2. The number of halogens is 1. The van der Waals surface area contributed by atoms with Crippen LogP contribution >= 0.6 is 15.9 Å². The van der Waals surface area contributed by atoms with E-state index in [9.17, 15) is 4.79 Å². The lowest BCUT2D eigenvalue weighted by Crippen LogP contribution is -2.18. The molecule has 14 heavy (non-hydrogen) atoms. The monoisotopic (exact) mass is 259 g/mol. The molecule has 1 aromatic heterocycles. The van der Waals surface area contributed by atoms with Crippen LogP contribution < -0.4 is 5.73 Å². The number of fused-ring (bicyclic) bond motifs is 1. The molecule has 0 radical (unpaired) electrons. The Bertz CT molecular complexity index is 386. The molecule has 0 saturated heterocycles. The van der Waals surface area contributed by atoms with Gasteiger partial charge in [0, 0.05) is 18.0 Å². The highest BCUT2D eigenvalue weighted by molar-refractivity contribution is 9.10. The van der Waals surface area contributed by atoms with Crippen molar-refractivity contribution in [2.75, 3.05) is 0 Å². The minimum atomic E-state index is -0.987. The van der Waals surface area contributed by atoms with Crippen molar-refractivity contribution in [2.45, 2.75) is 25.3 Å². The van der Waals surface area contributed by atoms with Gasteiger partial charge in [-0.2, -0.15) is 0 Å². The van der Waals surface area contributed by atoms with Crippen molar-refractivity contribution in [3.8, 4) is 0 Å². The molecule has 1 unspecified atom stereocenters. The van der Waals surface area contributed by atoms with E-state index in [1.807, 2.05) is 0 Å². The third kappa shape index (κ3) is 1.36. The molecule has 0 bridgehead atoms. The fourth-order valence-electron chi connectivity index (χ4n) is 1.86. The van der Waals surface area contributed by atoms with Crippen LogP contribution in [0.5, 0.6) is 0 Å². The highest BCUT2D eigenvalue weighted by atomic mass is 79.9. The second-order valence-corrected chi connectivity index (χ2v) is 4.11. The minimum Gasteiger partial charge on any atom is -0.478 e. The first kappa shape index (κ1) is 9.73. The lowest BCUT2D eigenvalue weighted by Gasteiger charge is -2.17. The molecule has 0 fully saturated rings. The maximum absolute atomic E-state index is 11.0. The molecule has 76 valence electrons. The van der Waals surface area contributed by atoms with Crippen molar-refractivity contribution in [3.63, 3.8) is 0 Å². The Hall–Kier alpha value is -0.810. The van der Waals surface area contributed by atoms with Crippen LogP contribution in [0.1, 0.15) is 40.6 Å². The number of carbonyl (C=O) groups is 1. The number of aromatic carboxylic acids is 1. The van der Waals surface area contributed by atoms with Gasteiger partial charge in [-0.05, 0) is 28.8 Å². The summed E-state index contributed by atoms with van der Waals surface area (Å²) in [5.74, 6) is -0.271. The number of hydrogen-bond acceptors (Lipinski definition) is 3. The third-order valence-corrected chi connectivity index (χ3v) is 3.04. The molecule has 1 aliphatic carbocycles. The normalized spacial score (nSPS) is 20.6. The van der Waals surface area contributed by atoms with Crippen molar-refractivity contribution >= 4 is 21.9 Å². The van der Waals surface area contributed by atoms with Crippen LogP contribution in [0.4, 0.5) is 0 Å². The van der Waals surface area contributed by atoms with Crippen LogP contribution in [0.15, 0.2) is 9.09 Å². The van der Waals surface area contributed by atoms with Gasteiger partial charge in [-0.3, -0.25) is 0 Å². The molecule has 1 heterocycles. The van der Waals surface area contributed by atoms with Gasteiger partial charge in [0.1, 0.15) is 11.3 Å². The number of furan rings is 1. The summed E-state index contributed by atoms with van der Waals surface area (Å²) >= 11 is 3.10. The lowest BCUT2D eigenvalue weighted by molar-refractivity contribution is 0.0693. The molecule has 3 N–H and O–H groups in total. The van der Waals surface area contributed by atoms with E-state index in [4.69, 9.17) is 15.3 Å². The van der Waals surface area contributed by atoms with Gasteiger partial charge in [-0.15, -0.1) is 0 Å². The Kier molecular flexibility index (Phi) is 2.36. The third-order valence-electron chi connectivity index (χ3n) is 2.48.